The molecule has 3 rings (SSSR count). The molecule has 0 saturated heterocycles. The lowest BCUT2D eigenvalue weighted by Gasteiger charge is -2.11. The van der Waals surface area contributed by atoms with Gasteiger partial charge in [0.05, 0.1) is 11.6 Å². The second kappa shape index (κ2) is 6.24. The second-order valence-corrected chi connectivity index (χ2v) is 5.84. The minimum atomic E-state index is -0.629. The first-order valence-electron chi connectivity index (χ1n) is 6.63. The van der Waals surface area contributed by atoms with E-state index in [0.717, 1.165) is 21.4 Å². The Labute approximate surface area is 126 Å². The summed E-state index contributed by atoms with van der Waals surface area (Å²) in [6.07, 6.45) is 1.06. The van der Waals surface area contributed by atoms with Gasteiger partial charge in [-0.05, 0) is 30.3 Å². The van der Waals surface area contributed by atoms with Crippen LogP contribution in [0.25, 0.3) is 10.9 Å². The minimum Gasteiger partial charge on any atom is -0.387 e. The topological polar surface area (TPSA) is 33.1 Å². The number of rotatable bonds is 4. The van der Waals surface area contributed by atoms with Crippen molar-refractivity contribution in [1.82, 2.24) is 4.98 Å². The van der Waals surface area contributed by atoms with E-state index in [2.05, 4.69) is 4.98 Å². The molecular formula is C17H14FNOS. The van der Waals surface area contributed by atoms with Gasteiger partial charge in [-0.3, -0.25) is 4.98 Å². The van der Waals surface area contributed by atoms with E-state index in [0.29, 0.717) is 5.75 Å². The summed E-state index contributed by atoms with van der Waals surface area (Å²) in [5, 5.41) is 11.3. The van der Waals surface area contributed by atoms with E-state index in [-0.39, 0.29) is 5.82 Å². The number of benzene rings is 2. The van der Waals surface area contributed by atoms with Crippen LogP contribution >= 0.6 is 11.8 Å². The number of hydrogen-bond acceptors (Lipinski definition) is 3. The Hall–Kier alpha value is -1.91. The summed E-state index contributed by atoms with van der Waals surface area (Å²) in [5.74, 6) is 0.200. The first-order valence-corrected chi connectivity index (χ1v) is 7.62. The van der Waals surface area contributed by atoms with E-state index in [1.54, 1.807) is 12.3 Å². The molecule has 106 valence electrons. The van der Waals surface area contributed by atoms with E-state index in [4.69, 9.17) is 0 Å². The number of pyridine rings is 1. The number of nitrogens with zero attached hydrogens (tertiary/aromatic N) is 1. The third-order valence-corrected chi connectivity index (χ3v) is 4.27. The van der Waals surface area contributed by atoms with Crippen molar-refractivity contribution in [3.63, 3.8) is 0 Å². The molecule has 1 unspecified atom stereocenters. The van der Waals surface area contributed by atoms with Crippen LogP contribution in [0.15, 0.2) is 65.7 Å². The average Bonchev–Trinajstić information content (AvgIpc) is 2.52. The molecule has 3 aromatic rings. The van der Waals surface area contributed by atoms with Gasteiger partial charge in [0.25, 0.3) is 0 Å². The van der Waals surface area contributed by atoms with Gasteiger partial charge in [0.1, 0.15) is 5.82 Å². The maximum atomic E-state index is 13.1. The second-order valence-electron chi connectivity index (χ2n) is 4.75. The molecule has 0 radical (unpaired) electrons. The van der Waals surface area contributed by atoms with Gasteiger partial charge in [0, 0.05) is 27.8 Å². The van der Waals surface area contributed by atoms with Crippen molar-refractivity contribution in [3.8, 4) is 0 Å². The zero-order chi connectivity index (χ0) is 14.7. The number of aliphatic hydroxyl groups is 1. The lowest BCUT2D eigenvalue weighted by Crippen LogP contribution is -2.01. The maximum Gasteiger partial charge on any atom is 0.124 e. The van der Waals surface area contributed by atoms with E-state index >= 15 is 0 Å². The smallest absolute Gasteiger partial charge is 0.124 e. The highest BCUT2D eigenvalue weighted by Crippen LogP contribution is 2.26. The number of fused-ring (bicyclic) bond motifs is 1. The van der Waals surface area contributed by atoms with E-state index < -0.39 is 6.10 Å². The quantitative estimate of drug-likeness (QED) is 0.733. The number of aliphatic hydroxyl groups excluding tert-OH is 1. The molecule has 0 fully saturated rings. The average molecular weight is 299 g/mol. The van der Waals surface area contributed by atoms with Crippen LogP contribution in [-0.2, 0) is 0 Å². The van der Waals surface area contributed by atoms with Crippen LogP contribution in [-0.4, -0.2) is 15.8 Å². The van der Waals surface area contributed by atoms with Crippen LogP contribution in [0.4, 0.5) is 4.39 Å². The largest absolute Gasteiger partial charge is 0.387 e. The highest BCUT2D eigenvalue weighted by Gasteiger charge is 2.10. The van der Waals surface area contributed by atoms with Gasteiger partial charge in [-0.2, -0.15) is 0 Å². The summed E-state index contributed by atoms with van der Waals surface area (Å²) >= 11 is 1.43. The lowest BCUT2D eigenvalue weighted by molar-refractivity contribution is 0.204. The van der Waals surface area contributed by atoms with Gasteiger partial charge >= 0.3 is 0 Å². The van der Waals surface area contributed by atoms with E-state index in [9.17, 15) is 9.50 Å². The van der Waals surface area contributed by atoms with Crippen LogP contribution in [0.2, 0.25) is 0 Å². The molecule has 1 aromatic heterocycles. The predicted molar refractivity (Wildman–Crippen MR) is 83.8 cm³/mol. The van der Waals surface area contributed by atoms with Crippen molar-refractivity contribution < 1.29 is 9.50 Å². The van der Waals surface area contributed by atoms with Gasteiger partial charge < -0.3 is 5.11 Å². The van der Waals surface area contributed by atoms with Crippen molar-refractivity contribution in [2.24, 2.45) is 0 Å². The van der Waals surface area contributed by atoms with E-state index in [1.165, 1.54) is 23.9 Å². The zero-order valence-corrected chi connectivity index (χ0v) is 12.1. The van der Waals surface area contributed by atoms with Crippen LogP contribution in [0.5, 0.6) is 0 Å². The molecule has 0 bridgehead atoms. The SMILES string of the molecule is OC(CSc1cccc(F)c1)c1cnc2ccccc2c1. The molecular weight excluding hydrogens is 285 g/mol. The van der Waals surface area contributed by atoms with Crippen molar-refractivity contribution in [1.29, 1.82) is 0 Å². The third-order valence-electron chi connectivity index (χ3n) is 3.20. The van der Waals surface area contributed by atoms with Crippen LogP contribution in [0, 0.1) is 5.82 Å². The van der Waals surface area contributed by atoms with Crippen molar-refractivity contribution in [3.05, 3.63) is 72.2 Å². The number of thioether (sulfide) groups is 1. The summed E-state index contributed by atoms with van der Waals surface area (Å²) in [6, 6.07) is 16.1. The van der Waals surface area contributed by atoms with Crippen LogP contribution in [0.3, 0.4) is 0 Å². The minimum absolute atomic E-state index is 0.262. The molecule has 0 amide bonds. The Morgan fingerprint density at radius 2 is 1.95 bits per heavy atom. The first kappa shape index (κ1) is 14.0. The summed E-state index contributed by atoms with van der Waals surface area (Å²) in [5.41, 5.74) is 1.68. The molecule has 4 heteroatoms. The Morgan fingerprint density at radius 1 is 1.10 bits per heavy atom. The molecule has 2 aromatic carbocycles. The molecule has 1 heterocycles. The van der Waals surface area contributed by atoms with Crippen molar-refractivity contribution in [2.75, 3.05) is 5.75 Å². The highest BCUT2D eigenvalue weighted by atomic mass is 32.2. The summed E-state index contributed by atoms with van der Waals surface area (Å²) in [6.45, 7) is 0. The van der Waals surface area contributed by atoms with Crippen LogP contribution in [0.1, 0.15) is 11.7 Å². The lowest BCUT2D eigenvalue weighted by atomic mass is 10.1. The summed E-state index contributed by atoms with van der Waals surface area (Å²) in [7, 11) is 0. The third kappa shape index (κ3) is 3.40. The van der Waals surface area contributed by atoms with Crippen molar-refractivity contribution >= 4 is 22.7 Å². The molecule has 0 aliphatic heterocycles. The maximum absolute atomic E-state index is 13.1. The van der Waals surface area contributed by atoms with Gasteiger partial charge in [-0.1, -0.05) is 24.3 Å². The normalized spacial score (nSPS) is 12.5. The number of halogens is 1. The molecule has 1 atom stereocenters. The summed E-state index contributed by atoms with van der Waals surface area (Å²) < 4.78 is 13.1. The highest BCUT2D eigenvalue weighted by molar-refractivity contribution is 7.99. The Kier molecular flexibility index (Phi) is 4.18. The van der Waals surface area contributed by atoms with Gasteiger partial charge in [-0.15, -0.1) is 11.8 Å². The molecule has 0 spiro atoms. The Morgan fingerprint density at radius 3 is 2.81 bits per heavy atom. The molecule has 1 N–H and O–H groups in total. The fourth-order valence-corrected chi connectivity index (χ4v) is 3.01. The van der Waals surface area contributed by atoms with Crippen molar-refractivity contribution in [2.45, 2.75) is 11.0 Å². The number of aromatic nitrogens is 1. The Bertz CT molecular complexity index is 762. The molecule has 21 heavy (non-hydrogen) atoms. The Balaban J connectivity index is 1.73. The van der Waals surface area contributed by atoms with E-state index in [1.807, 2.05) is 36.4 Å². The molecule has 0 aliphatic carbocycles. The standard InChI is InChI=1S/C17H14FNOS/c18-14-5-3-6-15(9-14)21-11-17(20)13-8-12-4-1-2-7-16(12)19-10-13/h1-10,17,20H,11H2. The number of para-hydroxylation sites is 1. The fourth-order valence-electron chi connectivity index (χ4n) is 2.10. The number of hydrogen-bond donors (Lipinski definition) is 1. The molecule has 2 nitrogen and oxygen atoms in total. The summed E-state index contributed by atoms with van der Waals surface area (Å²) in [4.78, 5) is 5.15. The monoisotopic (exact) mass is 299 g/mol. The van der Waals surface area contributed by atoms with Crippen LogP contribution < -0.4 is 0 Å². The molecule has 0 aliphatic rings. The van der Waals surface area contributed by atoms with Gasteiger partial charge in [0.2, 0.25) is 0 Å². The first-order chi connectivity index (χ1) is 10.2. The van der Waals surface area contributed by atoms with Gasteiger partial charge in [-0.25, -0.2) is 4.39 Å². The van der Waals surface area contributed by atoms with Gasteiger partial charge in [0.15, 0.2) is 0 Å². The predicted octanol–water partition coefficient (Wildman–Crippen LogP) is 4.20. The molecule has 0 saturated carbocycles. The zero-order valence-electron chi connectivity index (χ0n) is 11.2. The fraction of sp³-hybridized carbons (Fsp3) is 0.118.